The Morgan fingerprint density at radius 1 is 1.17 bits per heavy atom. The van der Waals surface area contributed by atoms with E-state index in [4.69, 9.17) is 9.26 Å². The fourth-order valence-electron chi connectivity index (χ4n) is 4.74. The number of nitrogens with one attached hydrogen (secondary N) is 1. The Bertz CT molecular complexity index is 808. The number of nitrogens with zero attached hydrogens (tertiary/aromatic N) is 3. The molecule has 2 heterocycles. The van der Waals surface area contributed by atoms with Crippen LogP contribution in [0.25, 0.3) is 11.0 Å². The monoisotopic (exact) mass is 414 g/mol. The van der Waals surface area contributed by atoms with Gasteiger partial charge in [-0.1, -0.05) is 17.3 Å². The van der Waals surface area contributed by atoms with Crippen molar-refractivity contribution in [1.82, 2.24) is 15.4 Å². The minimum Gasteiger partial charge on any atom is -0.384 e. The molecule has 1 aromatic carbocycles. The molecule has 0 radical (unpaired) electrons. The summed E-state index contributed by atoms with van der Waals surface area (Å²) in [7, 11) is 1.63. The zero-order chi connectivity index (χ0) is 20.8. The van der Waals surface area contributed by atoms with Crippen molar-refractivity contribution in [3.8, 4) is 0 Å². The normalized spacial score (nSPS) is 23.0. The molecule has 164 valence electrons. The van der Waals surface area contributed by atoms with E-state index in [-0.39, 0.29) is 5.91 Å². The highest BCUT2D eigenvalue weighted by Gasteiger charge is 2.25. The summed E-state index contributed by atoms with van der Waals surface area (Å²) < 4.78 is 10.4. The minimum absolute atomic E-state index is 0.123. The third-order valence-electron chi connectivity index (χ3n) is 6.63. The van der Waals surface area contributed by atoms with Crippen LogP contribution in [-0.2, 0) is 9.53 Å². The number of ether oxygens (including phenoxy) is 1. The molecule has 1 saturated carbocycles. The smallest absolute Gasteiger partial charge is 0.222 e. The quantitative estimate of drug-likeness (QED) is 0.716. The molecule has 1 aliphatic carbocycles. The van der Waals surface area contributed by atoms with Gasteiger partial charge in [-0.2, -0.15) is 0 Å². The number of piperazine rings is 1. The predicted octanol–water partition coefficient (Wildman–Crippen LogP) is 3.05. The molecule has 0 unspecified atom stereocenters. The molecule has 1 saturated heterocycles. The van der Waals surface area contributed by atoms with Gasteiger partial charge < -0.3 is 19.5 Å². The minimum atomic E-state index is 0.123. The van der Waals surface area contributed by atoms with E-state index in [1.165, 1.54) is 25.8 Å². The summed E-state index contributed by atoms with van der Waals surface area (Å²) in [4.78, 5) is 16.8. The summed E-state index contributed by atoms with van der Waals surface area (Å²) in [5.74, 6) is 1.89. The van der Waals surface area contributed by atoms with Crippen molar-refractivity contribution in [2.45, 2.75) is 44.6 Å². The summed E-state index contributed by atoms with van der Waals surface area (Å²) in [5.41, 5.74) is 0.861. The first-order chi connectivity index (χ1) is 14.7. The SMILES string of the molecule is COCCC(=O)NC1CCC(CCN2CCN(c3noc4ccccc34)CC2)CC1. The van der Waals surface area contributed by atoms with Gasteiger partial charge in [0.2, 0.25) is 5.91 Å². The molecule has 2 aliphatic rings. The van der Waals surface area contributed by atoms with Gasteiger partial charge in [0.1, 0.15) is 0 Å². The van der Waals surface area contributed by atoms with E-state index in [9.17, 15) is 4.79 Å². The number of aromatic nitrogens is 1. The van der Waals surface area contributed by atoms with Gasteiger partial charge in [-0.25, -0.2) is 0 Å². The van der Waals surface area contributed by atoms with E-state index in [2.05, 4.69) is 26.3 Å². The van der Waals surface area contributed by atoms with Crippen LogP contribution in [0.15, 0.2) is 28.8 Å². The van der Waals surface area contributed by atoms with Crippen LogP contribution in [0.4, 0.5) is 5.82 Å². The Morgan fingerprint density at radius 2 is 1.93 bits per heavy atom. The van der Waals surface area contributed by atoms with Crippen LogP contribution in [0.1, 0.15) is 38.5 Å². The van der Waals surface area contributed by atoms with Crippen LogP contribution >= 0.6 is 0 Å². The number of carbonyl (C=O) groups excluding carboxylic acids is 1. The molecular formula is C23H34N4O3. The van der Waals surface area contributed by atoms with Crippen molar-refractivity contribution < 1.29 is 14.1 Å². The second-order valence-corrected chi connectivity index (χ2v) is 8.65. The molecule has 2 fully saturated rings. The molecule has 7 nitrogen and oxygen atoms in total. The summed E-state index contributed by atoms with van der Waals surface area (Å²) in [5, 5.41) is 8.57. The second kappa shape index (κ2) is 10.3. The molecule has 0 bridgehead atoms. The van der Waals surface area contributed by atoms with E-state index < -0.39 is 0 Å². The van der Waals surface area contributed by atoms with Crippen molar-refractivity contribution >= 4 is 22.7 Å². The fourth-order valence-corrected chi connectivity index (χ4v) is 4.74. The third-order valence-corrected chi connectivity index (χ3v) is 6.63. The highest BCUT2D eigenvalue weighted by molar-refractivity contribution is 5.88. The van der Waals surface area contributed by atoms with Gasteiger partial charge in [-0.3, -0.25) is 9.69 Å². The lowest BCUT2D eigenvalue weighted by atomic mass is 9.84. The summed E-state index contributed by atoms with van der Waals surface area (Å²) in [6.07, 6.45) is 6.39. The van der Waals surface area contributed by atoms with Crippen LogP contribution in [0.3, 0.4) is 0 Å². The van der Waals surface area contributed by atoms with E-state index in [1.807, 2.05) is 18.2 Å². The van der Waals surface area contributed by atoms with Crippen LogP contribution in [-0.4, -0.2) is 68.4 Å². The molecule has 1 amide bonds. The molecule has 1 aliphatic heterocycles. The fraction of sp³-hybridized carbons (Fsp3) is 0.652. The maximum atomic E-state index is 11.9. The molecule has 2 aromatic rings. The van der Waals surface area contributed by atoms with E-state index in [0.717, 1.165) is 61.7 Å². The highest BCUT2D eigenvalue weighted by atomic mass is 16.5. The van der Waals surface area contributed by atoms with Gasteiger partial charge >= 0.3 is 0 Å². The van der Waals surface area contributed by atoms with Crippen molar-refractivity contribution in [1.29, 1.82) is 0 Å². The van der Waals surface area contributed by atoms with Crippen LogP contribution in [0.2, 0.25) is 0 Å². The number of amides is 1. The highest BCUT2D eigenvalue weighted by Crippen LogP contribution is 2.29. The van der Waals surface area contributed by atoms with Crippen molar-refractivity contribution in [3.63, 3.8) is 0 Å². The summed E-state index contributed by atoms with van der Waals surface area (Å²) >= 11 is 0. The Hall–Kier alpha value is -2.12. The number of hydrogen-bond donors (Lipinski definition) is 1. The zero-order valence-electron chi connectivity index (χ0n) is 18.0. The zero-order valence-corrected chi connectivity index (χ0v) is 18.0. The maximum Gasteiger partial charge on any atom is 0.222 e. The molecule has 1 N–H and O–H groups in total. The molecule has 7 heteroatoms. The molecule has 0 spiro atoms. The number of carbonyl (C=O) groups is 1. The Morgan fingerprint density at radius 3 is 2.70 bits per heavy atom. The Kier molecular flexibility index (Phi) is 7.23. The number of hydrogen-bond acceptors (Lipinski definition) is 6. The number of anilines is 1. The van der Waals surface area contributed by atoms with Crippen LogP contribution in [0, 0.1) is 5.92 Å². The first-order valence-corrected chi connectivity index (χ1v) is 11.3. The molecule has 4 rings (SSSR count). The van der Waals surface area contributed by atoms with Crippen LogP contribution in [0.5, 0.6) is 0 Å². The van der Waals surface area contributed by atoms with E-state index >= 15 is 0 Å². The first kappa shape index (κ1) is 21.1. The first-order valence-electron chi connectivity index (χ1n) is 11.3. The number of para-hydroxylation sites is 1. The number of methoxy groups -OCH3 is 1. The standard InChI is InChI=1S/C23H34N4O3/c1-29-17-11-22(28)24-19-8-6-18(7-9-19)10-12-26-13-15-27(16-14-26)23-20-4-2-3-5-21(20)30-25-23/h2-5,18-19H,6-17H2,1H3,(H,24,28). The second-order valence-electron chi connectivity index (χ2n) is 8.65. The molecular weight excluding hydrogens is 380 g/mol. The topological polar surface area (TPSA) is 70.8 Å². The van der Waals surface area contributed by atoms with Gasteiger partial charge in [0.05, 0.1) is 12.0 Å². The lowest BCUT2D eigenvalue weighted by molar-refractivity contribution is -0.122. The van der Waals surface area contributed by atoms with Crippen LogP contribution < -0.4 is 10.2 Å². The predicted molar refractivity (Wildman–Crippen MR) is 118 cm³/mol. The van der Waals surface area contributed by atoms with Crippen molar-refractivity contribution in [2.75, 3.05) is 51.3 Å². The van der Waals surface area contributed by atoms with Gasteiger partial charge in [0.25, 0.3) is 0 Å². The third kappa shape index (κ3) is 5.32. The lowest BCUT2D eigenvalue weighted by Crippen LogP contribution is -2.47. The Balaban J connectivity index is 1.15. The van der Waals surface area contributed by atoms with E-state index in [0.29, 0.717) is 19.1 Å². The number of fused-ring (bicyclic) bond motifs is 1. The lowest BCUT2D eigenvalue weighted by Gasteiger charge is -2.36. The van der Waals surface area contributed by atoms with Gasteiger partial charge in [0.15, 0.2) is 11.4 Å². The van der Waals surface area contributed by atoms with E-state index in [1.54, 1.807) is 7.11 Å². The van der Waals surface area contributed by atoms with Crippen molar-refractivity contribution in [3.05, 3.63) is 24.3 Å². The Labute approximate surface area is 178 Å². The molecule has 1 aromatic heterocycles. The van der Waals surface area contributed by atoms with Gasteiger partial charge in [-0.05, 0) is 56.7 Å². The van der Waals surface area contributed by atoms with Gasteiger partial charge in [0, 0.05) is 45.8 Å². The summed E-state index contributed by atoms with van der Waals surface area (Å²) in [6.45, 7) is 5.82. The molecule has 30 heavy (non-hydrogen) atoms. The summed E-state index contributed by atoms with van der Waals surface area (Å²) in [6, 6.07) is 8.44. The average molecular weight is 415 g/mol. The molecule has 0 atom stereocenters. The maximum absolute atomic E-state index is 11.9. The van der Waals surface area contributed by atoms with Gasteiger partial charge in [-0.15, -0.1) is 0 Å². The van der Waals surface area contributed by atoms with Crippen molar-refractivity contribution in [2.24, 2.45) is 5.92 Å². The number of rotatable bonds is 8. The number of benzene rings is 1. The largest absolute Gasteiger partial charge is 0.384 e. The average Bonchev–Trinajstić information content (AvgIpc) is 3.22.